The van der Waals surface area contributed by atoms with Crippen LogP contribution >= 0.6 is 23.1 Å². The summed E-state index contributed by atoms with van der Waals surface area (Å²) >= 11 is 2.91. The highest BCUT2D eigenvalue weighted by atomic mass is 32.2. The van der Waals surface area contributed by atoms with Crippen LogP contribution in [0.1, 0.15) is 59.7 Å². The number of nitrogens with one attached hydrogen (secondary N) is 2. The van der Waals surface area contributed by atoms with Crippen LogP contribution in [-0.2, 0) is 30.6 Å². The average Bonchev–Trinajstić information content (AvgIpc) is 3.38. The van der Waals surface area contributed by atoms with Crippen molar-refractivity contribution in [3.8, 4) is 0 Å². The molecule has 1 aliphatic carbocycles. The lowest BCUT2D eigenvalue weighted by molar-refractivity contribution is -0.113. The molecule has 174 valence electrons. The number of thioether (sulfide) groups is 1. The summed E-state index contributed by atoms with van der Waals surface area (Å²) in [4.78, 5) is 27.2. The van der Waals surface area contributed by atoms with Crippen molar-refractivity contribution in [3.63, 3.8) is 0 Å². The molecular weight excluding hydrogens is 454 g/mol. The third kappa shape index (κ3) is 5.47. The Hall–Kier alpha value is -2.65. The predicted octanol–water partition coefficient (Wildman–Crippen LogP) is 5.17. The minimum absolute atomic E-state index is 0.143. The van der Waals surface area contributed by atoms with E-state index in [2.05, 4.69) is 39.2 Å². The van der Waals surface area contributed by atoms with Gasteiger partial charge in [0, 0.05) is 23.5 Å². The first kappa shape index (κ1) is 23.5. The summed E-state index contributed by atoms with van der Waals surface area (Å²) in [6, 6.07) is 9.42. The fraction of sp³-hybridized carbons (Fsp3) is 0.417. The second-order valence-corrected chi connectivity index (χ2v) is 10.0. The van der Waals surface area contributed by atoms with E-state index in [1.165, 1.54) is 28.0 Å². The number of nitrogens with zero attached hydrogens (tertiary/aromatic N) is 3. The number of aromatic nitrogens is 3. The number of amides is 2. The van der Waals surface area contributed by atoms with Crippen molar-refractivity contribution >= 4 is 45.6 Å². The Morgan fingerprint density at radius 2 is 1.88 bits per heavy atom. The van der Waals surface area contributed by atoms with E-state index in [0.717, 1.165) is 67.3 Å². The number of para-hydroxylation sites is 1. The molecule has 9 heteroatoms. The van der Waals surface area contributed by atoms with E-state index in [1.54, 1.807) is 0 Å². The average molecular weight is 484 g/mol. The third-order valence-corrected chi connectivity index (χ3v) is 7.77. The van der Waals surface area contributed by atoms with E-state index in [4.69, 9.17) is 0 Å². The number of anilines is 2. The topological polar surface area (TPSA) is 88.9 Å². The molecule has 4 rings (SSSR count). The van der Waals surface area contributed by atoms with E-state index in [9.17, 15) is 9.59 Å². The van der Waals surface area contributed by atoms with Crippen molar-refractivity contribution in [2.75, 3.05) is 16.4 Å². The number of carbonyl (C=O) groups excluding carboxylic acids is 2. The summed E-state index contributed by atoms with van der Waals surface area (Å²) in [6.45, 7) is 4.94. The van der Waals surface area contributed by atoms with Gasteiger partial charge in [-0.15, -0.1) is 21.5 Å². The van der Waals surface area contributed by atoms with E-state index < -0.39 is 0 Å². The molecule has 3 aromatic rings. The Labute approximate surface area is 202 Å². The van der Waals surface area contributed by atoms with Crippen LogP contribution in [0.5, 0.6) is 0 Å². The van der Waals surface area contributed by atoms with Gasteiger partial charge in [-0.2, -0.15) is 0 Å². The molecule has 2 amide bonds. The molecule has 7 nitrogen and oxygen atoms in total. The zero-order chi connectivity index (χ0) is 23.2. The van der Waals surface area contributed by atoms with Crippen LogP contribution in [0, 0.1) is 0 Å². The quantitative estimate of drug-likeness (QED) is 0.410. The highest BCUT2D eigenvalue weighted by Crippen LogP contribution is 2.38. The van der Waals surface area contributed by atoms with Crippen molar-refractivity contribution in [2.24, 2.45) is 0 Å². The summed E-state index contributed by atoms with van der Waals surface area (Å²) in [7, 11) is 0. The zero-order valence-electron chi connectivity index (χ0n) is 19.0. The Kier molecular flexibility index (Phi) is 7.82. The summed E-state index contributed by atoms with van der Waals surface area (Å²) < 4.78 is 2.06. The molecule has 2 aromatic heterocycles. The standard InChI is InChI=1S/C24H29N5O2S2/c1-3-10-19-27-28-24(29(19)4-2)32-15-20(30)26-23-21(17-13-8-9-14-18(17)33-23)22(31)25-16-11-6-5-7-12-16/h5-7,11-12H,3-4,8-10,13-15H2,1-2H3,(H,25,31)(H,26,30). The maximum Gasteiger partial charge on any atom is 0.258 e. The van der Waals surface area contributed by atoms with Crippen molar-refractivity contribution < 1.29 is 9.59 Å². The summed E-state index contributed by atoms with van der Waals surface area (Å²) in [5.74, 6) is 0.856. The summed E-state index contributed by atoms with van der Waals surface area (Å²) in [6.07, 6.45) is 5.87. The number of aryl methyl sites for hydroxylation is 2. The van der Waals surface area contributed by atoms with Crippen molar-refractivity contribution in [2.45, 2.75) is 64.1 Å². The normalized spacial score (nSPS) is 12.9. The van der Waals surface area contributed by atoms with Gasteiger partial charge in [0.2, 0.25) is 5.91 Å². The highest BCUT2D eigenvalue weighted by molar-refractivity contribution is 7.99. The number of benzene rings is 1. The number of hydrogen-bond acceptors (Lipinski definition) is 6. The highest BCUT2D eigenvalue weighted by Gasteiger charge is 2.26. The van der Waals surface area contributed by atoms with Gasteiger partial charge in [-0.1, -0.05) is 36.9 Å². The predicted molar refractivity (Wildman–Crippen MR) is 134 cm³/mol. The van der Waals surface area contributed by atoms with Gasteiger partial charge in [0.15, 0.2) is 5.16 Å². The molecule has 0 spiro atoms. The molecule has 0 fully saturated rings. The smallest absolute Gasteiger partial charge is 0.258 e. The van der Waals surface area contributed by atoms with Crippen LogP contribution < -0.4 is 10.6 Å². The maximum atomic E-state index is 13.2. The Bertz CT molecular complexity index is 1120. The molecule has 0 aliphatic heterocycles. The van der Waals surface area contributed by atoms with Crippen LogP contribution in [0.4, 0.5) is 10.7 Å². The van der Waals surface area contributed by atoms with Gasteiger partial charge in [-0.3, -0.25) is 9.59 Å². The lowest BCUT2D eigenvalue weighted by atomic mass is 9.95. The molecule has 0 saturated heterocycles. The van der Waals surface area contributed by atoms with Gasteiger partial charge in [0.1, 0.15) is 10.8 Å². The van der Waals surface area contributed by atoms with Crippen LogP contribution in [0.25, 0.3) is 0 Å². The van der Waals surface area contributed by atoms with E-state index in [1.807, 2.05) is 30.3 Å². The lowest BCUT2D eigenvalue weighted by Crippen LogP contribution is -2.19. The molecule has 2 heterocycles. The van der Waals surface area contributed by atoms with Crippen molar-refractivity contribution in [1.29, 1.82) is 0 Å². The maximum absolute atomic E-state index is 13.2. The summed E-state index contributed by atoms with van der Waals surface area (Å²) in [5, 5.41) is 15.9. The number of thiophene rings is 1. The molecule has 1 aromatic carbocycles. The lowest BCUT2D eigenvalue weighted by Gasteiger charge is -2.13. The second-order valence-electron chi connectivity index (χ2n) is 7.97. The molecule has 33 heavy (non-hydrogen) atoms. The molecular formula is C24H29N5O2S2. The third-order valence-electron chi connectivity index (χ3n) is 5.60. The minimum atomic E-state index is -0.168. The molecule has 0 atom stereocenters. The van der Waals surface area contributed by atoms with Gasteiger partial charge >= 0.3 is 0 Å². The fourth-order valence-corrected chi connectivity index (χ4v) is 6.18. The number of fused-ring (bicyclic) bond motifs is 1. The number of hydrogen-bond donors (Lipinski definition) is 2. The molecule has 1 aliphatic rings. The van der Waals surface area contributed by atoms with E-state index >= 15 is 0 Å². The Balaban J connectivity index is 1.49. The fourth-order valence-electron chi connectivity index (χ4n) is 4.05. The zero-order valence-corrected chi connectivity index (χ0v) is 20.7. The van der Waals surface area contributed by atoms with E-state index in [-0.39, 0.29) is 17.6 Å². The minimum Gasteiger partial charge on any atom is -0.322 e. The first-order chi connectivity index (χ1) is 16.1. The monoisotopic (exact) mass is 483 g/mol. The van der Waals surface area contributed by atoms with E-state index in [0.29, 0.717) is 10.6 Å². The van der Waals surface area contributed by atoms with Crippen LogP contribution in [0.15, 0.2) is 35.5 Å². The van der Waals surface area contributed by atoms with Crippen LogP contribution in [0.2, 0.25) is 0 Å². The Morgan fingerprint density at radius 1 is 1.09 bits per heavy atom. The molecule has 0 radical (unpaired) electrons. The first-order valence-corrected chi connectivity index (χ1v) is 13.3. The molecule has 0 bridgehead atoms. The molecule has 0 unspecified atom stereocenters. The molecule has 0 saturated carbocycles. The summed E-state index contributed by atoms with van der Waals surface area (Å²) in [5.41, 5.74) is 2.43. The van der Waals surface area contributed by atoms with Gasteiger partial charge in [-0.05, 0) is 56.7 Å². The van der Waals surface area contributed by atoms with Gasteiger partial charge in [0.25, 0.3) is 5.91 Å². The largest absolute Gasteiger partial charge is 0.322 e. The van der Waals surface area contributed by atoms with Crippen molar-refractivity contribution in [1.82, 2.24) is 14.8 Å². The Morgan fingerprint density at radius 3 is 2.64 bits per heavy atom. The number of rotatable bonds is 9. The van der Waals surface area contributed by atoms with Crippen LogP contribution in [-0.4, -0.2) is 32.3 Å². The molecule has 2 N–H and O–H groups in total. The van der Waals surface area contributed by atoms with Crippen molar-refractivity contribution in [3.05, 3.63) is 52.2 Å². The number of carbonyl (C=O) groups is 2. The van der Waals surface area contributed by atoms with Gasteiger partial charge in [-0.25, -0.2) is 0 Å². The second kappa shape index (κ2) is 11.0. The van der Waals surface area contributed by atoms with Gasteiger partial charge in [0.05, 0.1) is 11.3 Å². The van der Waals surface area contributed by atoms with Gasteiger partial charge < -0.3 is 15.2 Å². The SMILES string of the molecule is CCCc1nnc(SCC(=O)Nc2sc3c(c2C(=O)Nc2ccccc2)CCCC3)n1CC. The first-order valence-electron chi connectivity index (χ1n) is 11.5. The van der Waals surface area contributed by atoms with Crippen LogP contribution in [0.3, 0.4) is 0 Å².